The first-order valence-corrected chi connectivity index (χ1v) is 29.9. The summed E-state index contributed by atoms with van der Waals surface area (Å²) in [5.41, 5.74) is 16.5. The monoisotopic (exact) mass is 1050 g/mol. The van der Waals surface area contributed by atoms with Gasteiger partial charge in [-0.2, -0.15) is 0 Å². The summed E-state index contributed by atoms with van der Waals surface area (Å²) in [5.74, 6) is 0.0301. The van der Waals surface area contributed by atoms with Crippen LogP contribution in [-0.2, 0) is 15.6 Å². The van der Waals surface area contributed by atoms with E-state index in [0.29, 0.717) is 6.54 Å². The smallest absolute Gasteiger partial charge is 0.254 e. The van der Waals surface area contributed by atoms with E-state index in [1.807, 2.05) is 0 Å². The standard InChI is InChI=1S/C64H84Br2N2O/c1-5-9-13-17-21-25-37-63(38-26-22-18-14-10-6-2)55-41-46(29-33-50(55)52-35-31-48(65)43-57(52)63)60-54-45-67-61(59(54)62(69)68-60)47-30-34-51-53-36-32-49(66)44-58(53)64(56(51)42-47,39-27-23-19-15-11-7-3)40-28-24-20-16-12-8-4/h29-36,41-44,60H,5-28,37-40,45H2,1-4H3,(H,68,69). The van der Waals surface area contributed by atoms with Gasteiger partial charge in [-0.1, -0.05) is 256 Å². The Morgan fingerprint density at radius 1 is 0.478 bits per heavy atom. The average Bonchev–Trinajstić information content (AvgIpc) is 4.08. The molecule has 3 nitrogen and oxygen atoms in total. The molecule has 69 heavy (non-hydrogen) atoms. The second-order valence-corrected chi connectivity index (χ2v) is 23.5. The van der Waals surface area contributed by atoms with Gasteiger partial charge in [-0.15, -0.1) is 0 Å². The van der Waals surface area contributed by atoms with Crippen molar-refractivity contribution in [2.24, 2.45) is 4.99 Å². The molecule has 2 aliphatic heterocycles. The number of benzene rings is 4. The van der Waals surface area contributed by atoms with E-state index >= 15 is 0 Å². The zero-order chi connectivity index (χ0) is 48.2. The molecule has 0 saturated heterocycles. The average molecular weight is 1060 g/mol. The number of halogens is 2. The molecule has 1 atom stereocenters. The van der Waals surface area contributed by atoms with Gasteiger partial charge < -0.3 is 5.32 Å². The van der Waals surface area contributed by atoms with Gasteiger partial charge in [-0.25, -0.2) is 0 Å². The highest BCUT2D eigenvalue weighted by molar-refractivity contribution is 9.10. The molecular weight excluding hydrogens is 973 g/mol. The first-order valence-electron chi connectivity index (χ1n) is 28.3. The van der Waals surface area contributed by atoms with Crippen molar-refractivity contribution >= 4 is 43.5 Å². The van der Waals surface area contributed by atoms with Crippen LogP contribution in [0.3, 0.4) is 0 Å². The Bertz CT molecular complexity index is 2410. The Kier molecular flexibility index (Phi) is 18.8. The Hall–Kier alpha value is -3.28. The molecule has 4 aromatic carbocycles. The molecule has 0 radical (unpaired) electrons. The van der Waals surface area contributed by atoms with Gasteiger partial charge in [0.1, 0.15) is 0 Å². The number of carbonyl (C=O) groups excluding carboxylic acids is 1. The predicted molar refractivity (Wildman–Crippen MR) is 302 cm³/mol. The largest absolute Gasteiger partial charge is 0.341 e. The van der Waals surface area contributed by atoms with Gasteiger partial charge in [0.15, 0.2) is 0 Å². The van der Waals surface area contributed by atoms with Crippen molar-refractivity contribution in [3.8, 4) is 22.3 Å². The number of amides is 1. The van der Waals surface area contributed by atoms with Crippen LogP contribution in [0.1, 0.15) is 247 Å². The number of unbranched alkanes of at least 4 members (excludes halogenated alkanes) is 20. The fourth-order valence-corrected chi connectivity index (χ4v) is 13.9. The molecule has 8 rings (SSSR count). The lowest BCUT2D eigenvalue weighted by molar-refractivity contribution is -0.116. The second kappa shape index (κ2) is 24.9. The predicted octanol–water partition coefficient (Wildman–Crippen LogP) is 19.7. The Balaban J connectivity index is 1.12. The molecular formula is C64H84Br2N2O. The fraction of sp³-hybridized carbons (Fsp3) is 0.562. The summed E-state index contributed by atoms with van der Waals surface area (Å²) in [6.07, 6.45) is 35.8. The Morgan fingerprint density at radius 3 is 1.30 bits per heavy atom. The highest BCUT2D eigenvalue weighted by Gasteiger charge is 2.46. The summed E-state index contributed by atoms with van der Waals surface area (Å²) in [6, 6.07) is 28.3. The summed E-state index contributed by atoms with van der Waals surface area (Å²) >= 11 is 7.84. The van der Waals surface area contributed by atoms with Crippen LogP contribution in [0.5, 0.6) is 0 Å². The number of nitrogens with one attached hydrogen (secondary N) is 1. The fourth-order valence-electron chi connectivity index (χ4n) is 13.2. The lowest BCUT2D eigenvalue weighted by Crippen LogP contribution is -2.28. The van der Waals surface area contributed by atoms with Crippen LogP contribution >= 0.6 is 31.9 Å². The number of nitrogens with zero attached hydrogens (tertiary/aromatic N) is 1. The van der Waals surface area contributed by atoms with Gasteiger partial charge in [-0.3, -0.25) is 9.79 Å². The maximum Gasteiger partial charge on any atom is 0.254 e. The van der Waals surface area contributed by atoms with Crippen molar-refractivity contribution in [2.45, 2.75) is 224 Å². The molecule has 0 aromatic heterocycles. The molecule has 2 heterocycles. The zero-order valence-corrected chi connectivity index (χ0v) is 46.3. The third kappa shape index (κ3) is 11.4. The van der Waals surface area contributed by atoms with Crippen molar-refractivity contribution in [2.75, 3.05) is 6.54 Å². The Morgan fingerprint density at radius 2 is 0.855 bits per heavy atom. The number of hydrogen-bond acceptors (Lipinski definition) is 2. The van der Waals surface area contributed by atoms with E-state index in [4.69, 9.17) is 4.99 Å². The normalized spacial score (nSPS) is 16.9. The highest BCUT2D eigenvalue weighted by atomic mass is 79.9. The van der Waals surface area contributed by atoms with E-state index in [9.17, 15) is 4.79 Å². The van der Waals surface area contributed by atoms with Crippen LogP contribution in [0, 0.1) is 0 Å². The molecule has 2 aliphatic carbocycles. The van der Waals surface area contributed by atoms with E-state index in [0.717, 1.165) is 35.3 Å². The van der Waals surface area contributed by atoms with Crippen LogP contribution in [0.25, 0.3) is 22.3 Å². The second-order valence-electron chi connectivity index (χ2n) is 21.7. The van der Waals surface area contributed by atoms with Crippen LogP contribution in [0.4, 0.5) is 0 Å². The lowest BCUT2D eigenvalue weighted by Gasteiger charge is -2.33. The molecule has 0 spiro atoms. The molecule has 0 saturated carbocycles. The number of carbonyl (C=O) groups is 1. The van der Waals surface area contributed by atoms with Crippen molar-refractivity contribution in [1.29, 1.82) is 0 Å². The van der Waals surface area contributed by atoms with Crippen molar-refractivity contribution < 1.29 is 4.79 Å². The SMILES string of the molecule is CCCCCCCCC1(CCCCCCCC)c2cc(Br)ccc2-c2ccc(C3=NCC4=C3C(=O)NC4c3ccc4c(c3)C(CCCCCCCC)(CCCCCCCC)c3cc(Br)ccc3-4)cc21. The van der Waals surface area contributed by atoms with Crippen LogP contribution < -0.4 is 5.32 Å². The number of rotatable bonds is 30. The van der Waals surface area contributed by atoms with E-state index in [2.05, 4.69) is 138 Å². The molecule has 1 unspecified atom stereocenters. The van der Waals surface area contributed by atoms with Crippen molar-refractivity contribution in [3.63, 3.8) is 0 Å². The molecule has 0 bridgehead atoms. The maximum absolute atomic E-state index is 14.5. The summed E-state index contributed by atoms with van der Waals surface area (Å²) < 4.78 is 2.34. The van der Waals surface area contributed by atoms with Crippen molar-refractivity contribution in [1.82, 2.24) is 5.32 Å². The molecule has 1 N–H and O–H groups in total. The van der Waals surface area contributed by atoms with Gasteiger partial charge in [0.25, 0.3) is 5.91 Å². The molecule has 0 fully saturated rings. The van der Waals surface area contributed by atoms with Crippen LogP contribution in [0.2, 0.25) is 0 Å². The first-order chi connectivity index (χ1) is 33.8. The maximum atomic E-state index is 14.5. The van der Waals surface area contributed by atoms with Crippen LogP contribution in [0.15, 0.2) is 97.9 Å². The minimum Gasteiger partial charge on any atom is -0.341 e. The summed E-state index contributed by atoms with van der Waals surface area (Å²) in [7, 11) is 0. The van der Waals surface area contributed by atoms with Crippen LogP contribution in [-0.4, -0.2) is 18.2 Å². The summed E-state index contributed by atoms with van der Waals surface area (Å²) in [5, 5.41) is 3.54. The zero-order valence-electron chi connectivity index (χ0n) is 43.1. The third-order valence-electron chi connectivity index (χ3n) is 16.9. The molecule has 4 aliphatic rings. The minimum absolute atomic E-state index is 0.0301. The summed E-state index contributed by atoms with van der Waals surface area (Å²) in [4.78, 5) is 19.8. The number of aliphatic imine (C=N–C) groups is 1. The molecule has 4 aromatic rings. The van der Waals surface area contributed by atoms with E-state index in [1.54, 1.807) is 0 Å². The lowest BCUT2D eigenvalue weighted by atomic mass is 9.70. The van der Waals surface area contributed by atoms with Gasteiger partial charge >= 0.3 is 0 Å². The topological polar surface area (TPSA) is 41.5 Å². The highest BCUT2D eigenvalue weighted by Crippen LogP contribution is 2.57. The van der Waals surface area contributed by atoms with Gasteiger partial charge in [0.05, 0.1) is 23.9 Å². The minimum atomic E-state index is -0.175. The molecule has 5 heteroatoms. The van der Waals surface area contributed by atoms with Crippen molar-refractivity contribution in [3.05, 3.63) is 126 Å². The van der Waals surface area contributed by atoms with Gasteiger partial charge in [0.2, 0.25) is 0 Å². The third-order valence-corrected chi connectivity index (χ3v) is 17.9. The van der Waals surface area contributed by atoms with Gasteiger partial charge in [0, 0.05) is 25.3 Å². The van der Waals surface area contributed by atoms with E-state index < -0.39 is 0 Å². The van der Waals surface area contributed by atoms with E-state index in [1.165, 1.54) is 226 Å². The quantitative estimate of drug-likeness (QED) is 0.0520. The molecule has 370 valence electrons. The first kappa shape index (κ1) is 52.1. The van der Waals surface area contributed by atoms with Gasteiger partial charge in [-0.05, 0) is 112 Å². The number of hydrogen-bond donors (Lipinski definition) is 1. The molecule has 1 amide bonds. The van der Waals surface area contributed by atoms with E-state index in [-0.39, 0.29) is 22.8 Å². The Labute approximate surface area is 435 Å². The number of fused-ring (bicyclic) bond motifs is 6. The summed E-state index contributed by atoms with van der Waals surface area (Å²) in [6.45, 7) is 9.80.